The third kappa shape index (κ3) is 7.62. The molecule has 0 saturated heterocycles. The van der Waals surface area contributed by atoms with Gasteiger partial charge in [-0.25, -0.2) is 0 Å². The van der Waals surface area contributed by atoms with E-state index in [-0.39, 0.29) is 18.1 Å². The number of carbonyl (C=O) groups excluding carboxylic acids is 2. The smallest absolute Gasteiger partial charge is 0.324 e. The summed E-state index contributed by atoms with van der Waals surface area (Å²) in [5, 5.41) is -0.385. The summed E-state index contributed by atoms with van der Waals surface area (Å²) in [6, 6.07) is 0. The van der Waals surface area contributed by atoms with Crippen LogP contribution in [0.15, 0.2) is 0 Å². The van der Waals surface area contributed by atoms with Crippen LogP contribution in [0.5, 0.6) is 0 Å². The molecule has 0 aromatic rings. The van der Waals surface area contributed by atoms with Crippen LogP contribution < -0.4 is 0 Å². The van der Waals surface area contributed by atoms with Crippen LogP contribution in [0.2, 0.25) is 0 Å². The van der Waals surface area contributed by atoms with Crippen LogP contribution in [0.3, 0.4) is 0 Å². The predicted molar refractivity (Wildman–Crippen MR) is 41.3 cm³/mol. The minimum absolute atomic E-state index is 0.230. The molecular formula is C6H8Cl2O3. The quantitative estimate of drug-likeness (QED) is 0.502. The van der Waals surface area contributed by atoms with E-state index in [1.165, 1.54) is 0 Å². The van der Waals surface area contributed by atoms with Crippen LogP contribution in [-0.4, -0.2) is 11.2 Å². The van der Waals surface area contributed by atoms with Gasteiger partial charge in [0.25, 0.3) is 0 Å². The summed E-state index contributed by atoms with van der Waals surface area (Å²) in [5.41, 5.74) is 0. The minimum Gasteiger partial charge on any atom is -0.348 e. The van der Waals surface area contributed by atoms with Gasteiger partial charge in [0.2, 0.25) is 5.24 Å². The van der Waals surface area contributed by atoms with Gasteiger partial charge in [0, 0.05) is 12.8 Å². The Morgan fingerprint density at radius 3 is 2.18 bits per heavy atom. The van der Waals surface area contributed by atoms with Crippen LogP contribution in [0.4, 0.5) is 0 Å². The lowest BCUT2D eigenvalue weighted by Gasteiger charge is -1.94. The van der Waals surface area contributed by atoms with Crippen molar-refractivity contribution >= 4 is 34.7 Å². The SMILES string of the molecule is O=C(Cl)CCCCC(=O)OCl. The highest BCUT2D eigenvalue weighted by atomic mass is 35.5. The maximum Gasteiger partial charge on any atom is 0.324 e. The molecule has 0 rings (SSSR count). The molecule has 0 aliphatic carbocycles. The van der Waals surface area contributed by atoms with E-state index in [0.29, 0.717) is 12.8 Å². The summed E-state index contributed by atoms with van der Waals surface area (Å²) >= 11 is 9.80. The van der Waals surface area contributed by atoms with E-state index >= 15 is 0 Å². The first kappa shape index (κ1) is 10.7. The number of hydrogen-bond donors (Lipinski definition) is 0. The van der Waals surface area contributed by atoms with Crippen LogP contribution in [-0.2, 0) is 13.9 Å². The Kier molecular flexibility index (Phi) is 6.27. The van der Waals surface area contributed by atoms with Gasteiger partial charge >= 0.3 is 5.97 Å². The monoisotopic (exact) mass is 198 g/mol. The average molecular weight is 199 g/mol. The molecule has 0 radical (unpaired) electrons. The average Bonchev–Trinajstić information content (AvgIpc) is 1.97. The second-order valence-electron chi connectivity index (χ2n) is 2.01. The summed E-state index contributed by atoms with van der Waals surface area (Å²) in [7, 11) is 0. The van der Waals surface area contributed by atoms with Gasteiger partial charge in [0.1, 0.15) is 11.9 Å². The summed E-state index contributed by atoms with van der Waals surface area (Å²) in [5.74, 6) is -0.478. The molecule has 0 fully saturated rings. The Hall–Kier alpha value is -0.280. The standard InChI is InChI=1S/C6H8Cl2O3/c7-5(9)3-1-2-4-6(10)11-8/h1-4H2. The molecule has 0 amide bonds. The highest BCUT2D eigenvalue weighted by molar-refractivity contribution is 6.63. The largest absolute Gasteiger partial charge is 0.348 e. The van der Waals surface area contributed by atoms with Gasteiger partial charge in [-0.1, -0.05) is 0 Å². The lowest BCUT2D eigenvalue weighted by molar-refractivity contribution is -0.134. The zero-order valence-electron chi connectivity index (χ0n) is 5.81. The molecule has 0 aromatic heterocycles. The van der Waals surface area contributed by atoms with E-state index in [0.717, 1.165) is 0 Å². The Bertz CT molecular complexity index is 147. The molecule has 0 atom stereocenters. The van der Waals surface area contributed by atoms with Crippen molar-refractivity contribution < 1.29 is 13.9 Å². The maximum atomic E-state index is 10.4. The van der Waals surface area contributed by atoms with Crippen LogP contribution >= 0.6 is 23.5 Å². The van der Waals surface area contributed by atoms with Gasteiger partial charge in [0.05, 0.1) is 0 Å². The molecule has 0 aliphatic heterocycles. The van der Waals surface area contributed by atoms with Gasteiger partial charge in [-0.05, 0) is 24.4 Å². The first-order valence-corrected chi connectivity index (χ1v) is 3.85. The minimum atomic E-state index is -0.478. The molecule has 0 bridgehead atoms. The Morgan fingerprint density at radius 2 is 1.73 bits per heavy atom. The lowest BCUT2D eigenvalue weighted by atomic mass is 10.2. The highest BCUT2D eigenvalue weighted by Gasteiger charge is 2.01. The van der Waals surface area contributed by atoms with Crippen molar-refractivity contribution in [3.8, 4) is 0 Å². The Balaban J connectivity index is 3.14. The van der Waals surface area contributed by atoms with Crippen molar-refractivity contribution in [3.05, 3.63) is 0 Å². The topological polar surface area (TPSA) is 43.4 Å². The van der Waals surface area contributed by atoms with Crippen LogP contribution in [0, 0.1) is 0 Å². The lowest BCUT2D eigenvalue weighted by Crippen LogP contribution is -1.96. The first-order valence-electron chi connectivity index (χ1n) is 3.16. The summed E-state index contributed by atoms with van der Waals surface area (Å²) in [6.07, 6.45) is 1.68. The third-order valence-electron chi connectivity index (χ3n) is 1.09. The summed E-state index contributed by atoms with van der Waals surface area (Å²) in [6.45, 7) is 0. The van der Waals surface area contributed by atoms with Crippen molar-refractivity contribution in [1.82, 2.24) is 0 Å². The zero-order valence-corrected chi connectivity index (χ0v) is 7.32. The molecule has 3 nitrogen and oxygen atoms in total. The van der Waals surface area contributed by atoms with Crippen molar-refractivity contribution in [3.63, 3.8) is 0 Å². The number of unbranched alkanes of at least 4 members (excludes halogenated alkanes) is 1. The Morgan fingerprint density at radius 1 is 1.18 bits per heavy atom. The van der Waals surface area contributed by atoms with Crippen LogP contribution in [0.1, 0.15) is 25.7 Å². The maximum absolute atomic E-state index is 10.4. The van der Waals surface area contributed by atoms with E-state index < -0.39 is 5.97 Å². The second kappa shape index (κ2) is 6.43. The summed E-state index contributed by atoms with van der Waals surface area (Å²) in [4.78, 5) is 20.6. The number of rotatable bonds is 5. The molecule has 0 saturated carbocycles. The van der Waals surface area contributed by atoms with Gasteiger partial charge in [-0.15, -0.1) is 0 Å². The first-order chi connectivity index (χ1) is 5.16. The molecule has 0 aliphatic rings. The number of halogens is 2. The molecule has 5 heteroatoms. The fourth-order valence-electron chi connectivity index (χ4n) is 0.572. The van der Waals surface area contributed by atoms with Crippen molar-refractivity contribution in [2.75, 3.05) is 0 Å². The molecule has 64 valence electrons. The van der Waals surface area contributed by atoms with Crippen molar-refractivity contribution in [2.24, 2.45) is 0 Å². The zero-order chi connectivity index (χ0) is 8.69. The molecule has 0 spiro atoms. The van der Waals surface area contributed by atoms with E-state index in [1.54, 1.807) is 0 Å². The third-order valence-corrected chi connectivity index (χ3v) is 1.45. The molecular weight excluding hydrogens is 191 g/mol. The van der Waals surface area contributed by atoms with Gasteiger partial charge in [0.15, 0.2) is 0 Å². The molecule has 0 heterocycles. The van der Waals surface area contributed by atoms with Gasteiger partial charge in [-0.3, -0.25) is 9.59 Å². The number of carbonyl (C=O) groups is 2. The van der Waals surface area contributed by atoms with E-state index in [4.69, 9.17) is 23.5 Å². The normalized spacial score (nSPS) is 9.27. The molecule has 11 heavy (non-hydrogen) atoms. The molecule has 0 unspecified atom stereocenters. The van der Waals surface area contributed by atoms with Crippen molar-refractivity contribution in [1.29, 1.82) is 0 Å². The molecule has 0 N–H and O–H groups in total. The predicted octanol–water partition coefficient (Wildman–Crippen LogP) is 2.01. The van der Waals surface area contributed by atoms with E-state index in [9.17, 15) is 9.59 Å². The van der Waals surface area contributed by atoms with Gasteiger partial charge < -0.3 is 4.29 Å². The fourth-order valence-corrected chi connectivity index (χ4v) is 0.783. The number of hydrogen-bond acceptors (Lipinski definition) is 3. The van der Waals surface area contributed by atoms with Crippen molar-refractivity contribution in [2.45, 2.75) is 25.7 Å². The van der Waals surface area contributed by atoms with E-state index in [2.05, 4.69) is 4.29 Å². The second-order valence-corrected chi connectivity index (χ2v) is 2.59. The van der Waals surface area contributed by atoms with E-state index in [1.807, 2.05) is 0 Å². The highest BCUT2D eigenvalue weighted by Crippen LogP contribution is 2.03. The fraction of sp³-hybridized carbons (Fsp3) is 0.667. The van der Waals surface area contributed by atoms with Gasteiger partial charge in [-0.2, -0.15) is 0 Å². The van der Waals surface area contributed by atoms with Crippen LogP contribution in [0.25, 0.3) is 0 Å². The molecule has 0 aromatic carbocycles. The Labute approximate surface area is 74.8 Å². The summed E-state index contributed by atoms with van der Waals surface area (Å²) < 4.78 is 3.87.